The van der Waals surface area contributed by atoms with Crippen molar-refractivity contribution in [2.24, 2.45) is 4.99 Å². The minimum Gasteiger partial charge on any atom is -0.456 e. The van der Waals surface area contributed by atoms with Gasteiger partial charge in [0.2, 0.25) is 0 Å². The maximum Gasteiger partial charge on any atom is 0.338 e. The molecule has 4 heteroatoms. The van der Waals surface area contributed by atoms with Gasteiger partial charge < -0.3 is 9.72 Å². The summed E-state index contributed by atoms with van der Waals surface area (Å²) in [5.41, 5.74) is 10.8. The molecule has 0 amide bonds. The zero-order valence-corrected chi connectivity index (χ0v) is 19.6. The third kappa shape index (κ3) is 4.33. The van der Waals surface area contributed by atoms with E-state index in [0.717, 1.165) is 50.6 Å². The highest BCUT2D eigenvalue weighted by molar-refractivity contribution is 6.01. The van der Waals surface area contributed by atoms with Gasteiger partial charge in [-0.1, -0.05) is 0 Å². The highest BCUT2D eigenvalue weighted by Crippen LogP contribution is 2.38. The van der Waals surface area contributed by atoms with Gasteiger partial charge in [-0.2, -0.15) is 0 Å². The maximum absolute atomic E-state index is 12.7. The quantitative estimate of drug-likeness (QED) is 0.603. The van der Waals surface area contributed by atoms with Gasteiger partial charge in [-0.3, -0.25) is 4.99 Å². The molecule has 1 aliphatic rings. The normalized spacial score (nSPS) is 15.8. The molecule has 0 aliphatic carbocycles. The van der Waals surface area contributed by atoms with Gasteiger partial charge in [0.25, 0.3) is 0 Å². The zero-order valence-electron chi connectivity index (χ0n) is 19.6. The molecule has 0 atom stereocenters. The van der Waals surface area contributed by atoms with Crippen LogP contribution >= 0.6 is 0 Å². The van der Waals surface area contributed by atoms with Crippen molar-refractivity contribution >= 4 is 17.3 Å². The van der Waals surface area contributed by atoms with Crippen molar-refractivity contribution in [1.29, 1.82) is 0 Å². The number of hydrogen-bond donors (Lipinski definition) is 1. The number of nitrogens with one attached hydrogen (secondary N) is 1. The smallest absolute Gasteiger partial charge is 0.338 e. The van der Waals surface area contributed by atoms with Crippen molar-refractivity contribution in [3.8, 4) is 0 Å². The predicted octanol–water partition coefficient (Wildman–Crippen LogP) is 6.38. The van der Waals surface area contributed by atoms with Gasteiger partial charge in [-0.05, 0) is 114 Å². The average Bonchev–Trinajstić information content (AvgIpc) is 3.09. The Bertz CT molecular complexity index is 1100. The SMILES string of the molecule is CC1=CC(C)=N/C1=C(\c1[nH]c(C)cc1C)c1c(C)cc(C(=O)OC(C)(C)C)cc1C. The summed E-state index contributed by atoms with van der Waals surface area (Å²) in [7, 11) is 0. The van der Waals surface area contributed by atoms with E-state index in [2.05, 4.69) is 37.9 Å². The van der Waals surface area contributed by atoms with E-state index in [1.807, 2.05) is 53.7 Å². The summed E-state index contributed by atoms with van der Waals surface area (Å²) in [5.74, 6) is -0.299. The van der Waals surface area contributed by atoms with Crippen LogP contribution in [0.15, 0.2) is 40.5 Å². The van der Waals surface area contributed by atoms with Gasteiger partial charge in [0.15, 0.2) is 0 Å². The summed E-state index contributed by atoms with van der Waals surface area (Å²) < 4.78 is 5.58. The van der Waals surface area contributed by atoms with Crippen molar-refractivity contribution in [2.45, 2.75) is 67.9 Å². The van der Waals surface area contributed by atoms with E-state index in [9.17, 15) is 4.79 Å². The number of H-pyrrole nitrogens is 1. The Morgan fingerprint density at radius 3 is 1.97 bits per heavy atom. The molecular formula is C26H32N2O2. The van der Waals surface area contributed by atoms with E-state index in [1.165, 1.54) is 5.56 Å². The molecular weight excluding hydrogens is 372 g/mol. The van der Waals surface area contributed by atoms with Crippen LogP contribution in [0.25, 0.3) is 5.57 Å². The predicted molar refractivity (Wildman–Crippen MR) is 124 cm³/mol. The van der Waals surface area contributed by atoms with E-state index in [4.69, 9.17) is 9.73 Å². The van der Waals surface area contributed by atoms with Crippen molar-refractivity contribution in [1.82, 2.24) is 4.98 Å². The lowest BCUT2D eigenvalue weighted by Crippen LogP contribution is -2.24. The third-order valence-corrected chi connectivity index (χ3v) is 5.14. The van der Waals surface area contributed by atoms with Gasteiger partial charge in [-0.15, -0.1) is 0 Å². The van der Waals surface area contributed by atoms with Crippen molar-refractivity contribution in [2.75, 3.05) is 0 Å². The monoisotopic (exact) mass is 404 g/mol. The van der Waals surface area contributed by atoms with Crippen LogP contribution in [0.5, 0.6) is 0 Å². The van der Waals surface area contributed by atoms with Crippen molar-refractivity contribution < 1.29 is 9.53 Å². The van der Waals surface area contributed by atoms with Crippen LogP contribution in [-0.2, 0) is 4.74 Å². The molecule has 0 spiro atoms. The minimum absolute atomic E-state index is 0.299. The van der Waals surface area contributed by atoms with Crippen molar-refractivity contribution in [3.05, 3.63) is 74.8 Å². The highest BCUT2D eigenvalue weighted by Gasteiger charge is 2.25. The number of carbonyl (C=O) groups is 1. The number of carbonyl (C=O) groups excluding carboxylic acids is 1. The van der Waals surface area contributed by atoms with Gasteiger partial charge in [0, 0.05) is 17.0 Å². The zero-order chi connectivity index (χ0) is 22.4. The first-order valence-corrected chi connectivity index (χ1v) is 10.4. The molecule has 4 nitrogen and oxygen atoms in total. The number of aryl methyl sites for hydroxylation is 4. The van der Waals surface area contributed by atoms with E-state index in [-0.39, 0.29) is 5.97 Å². The van der Waals surface area contributed by atoms with Crippen LogP contribution in [0.2, 0.25) is 0 Å². The van der Waals surface area contributed by atoms with E-state index < -0.39 is 5.60 Å². The van der Waals surface area contributed by atoms with Crippen LogP contribution in [0.1, 0.15) is 78.6 Å². The number of aliphatic imine (C=N–C) groups is 1. The summed E-state index contributed by atoms with van der Waals surface area (Å²) in [5, 5.41) is 0. The molecule has 1 aliphatic heterocycles. The van der Waals surface area contributed by atoms with Crippen LogP contribution < -0.4 is 0 Å². The second-order valence-corrected chi connectivity index (χ2v) is 9.30. The fraction of sp³-hybridized carbons (Fsp3) is 0.385. The molecule has 0 saturated carbocycles. The molecule has 1 aromatic carbocycles. The molecule has 0 unspecified atom stereocenters. The highest BCUT2D eigenvalue weighted by atomic mass is 16.6. The van der Waals surface area contributed by atoms with Crippen molar-refractivity contribution in [3.63, 3.8) is 0 Å². The lowest BCUT2D eigenvalue weighted by molar-refractivity contribution is 0.00693. The van der Waals surface area contributed by atoms with Crippen LogP contribution in [-0.4, -0.2) is 22.3 Å². The number of aromatic nitrogens is 1. The van der Waals surface area contributed by atoms with Gasteiger partial charge >= 0.3 is 5.97 Å². The molecule has 1 N–H and O–H groups in total. The molecule has 3 rings (SSSR count). The maximum atomic E-state index is 12.7. The Balaban J connectivity index is 2.24. The number of hydrogen-bond acceptors (Lipinski definition) is 3. The van der Waals surface area contributed by atoms with Crippen LogP contribution in [0.4, 0.5) is 0 Å². The number of esters is 1. The summed E-state index contributed by atoms with van der Waals surface area (Å²) in [6.45, 7) is 18.0. The number of aromatic amines is 1. The first-order valence-electron chi connectivity index (χ1n) is 10.4. The third-order valence-electron chi connectivity index (χ3n) is 5.14. The van der Waals surface area contributed by atoms with E-state index >= 15 is 0 Å². The average molecular weight is 405 g/mol. The Kier molecular flexibility index (Phi) is 5.64. The number of allylic oxidation sites excluding steroid dienone is 2. The second-order valence-electron chi connectivity index (χ2n) is 9.30. The Hall–Kier alpha value is -2.88. The van der Waals surface area contributed by atoms with Gasteiger partial charge in [-0.25, -0.2) is 4.79 Å². The molecule has 2 heterocycles. The van der Waals surface area contributed by atoms with Gasteiger partial charge in [0.05, 0.1) is 17.0 Å². The van der Waals surface area contributed by atoms with Crippen LogP contribution in [0.3, 0.4) is 0 Å². The number of ether oxygens (including phenoxy) is 1. The number of nitrogens with zero attached hydrogens (tertiary/aromatic N) is 1. The summed E-state index contributed by atoms with van der Waals surface area (Å²) in [4.78, 5) is 21.0. The first kappa shape index (κ1) is 21.8. The molecule has 0 radical (unpaired) electrons. The molecule has 0 fully saturated rings. The lowest BCUT2D eigenvalue weighted by Gasteiger charge is -2.21. The van der Waals surface area contributed by atoms with Crippen LogP contribution in [0, 0.1) is 27.7 Å². The standard InChI is InChI=1S/C26H32N2O2/c1-14-12-20(25(29)30-26(7,8)9)13-15(2)21(14)22(23-16(3)10-18(5)27-23)24-17(4)11-19(6)28-24/h10-13,27H,1-9H3/b24-22-. The Morgan fingerprint density at radius 1 is 0.933 bits per heavy atom. The van der Waals surface area contributed by atoms with E-state index in [1.54, 1.807) is 0 Å². The molecule has 0 bridgehead atoms. The largest absolute Gasteiger partial charge is 0.456 e. The molecule has 1 aromatic heterocycles. The number of rotatable bonds is 3. The Morgan fingerprint density at radius 2 is 1.53 bits per heavy atom. The van der Waals surface area contributed by atoms with E-state index in [0.29, 0.717) is 5.56 Å². The second kappa shape index (κ2) is 7.75. The summed E-state index contributed by atoms with van der Waals surface area (Å²) in [6.07, 6.45) is 2.11. The fourth-order valence-electron chi connectivity index (χ4n) is 4.09. The molecule has 30 heavy (non-hydrogen) atoms. The van der Waals surface area contributed by atoms with Gasteiger partial charge in [0.1, 0.15) is 5.60 Å². The topological polar surface area (TPSA) is 54.5 Å². The fourth-order valence-corrected chi connectivity index (χ4v) is 4.09. The Labute approximate surface area is 179 Å². The lowest BCUT2D eigenvalue weighted by atomic mass is 9.88. The summed E-state index contributed by atoms with van der Waals surface area (Å²) >= 11 is 0. The minimum atomic E-state index is -0.526. The molecule has 158 valence electrons. The number of benzene rings is 1. The molecule has 2 aromatic rings. The summed E-state index contributed by atoms with van der Waals surface area (Å²) in [6, 6.07) is 6.00. The molecule has 0 saturated heterocycles. The first-order chi connectivity index (χ1) is 13.9.